The lowest BCUT2D eigenvalue weighted by atomic mass is 10.1. The second-order valence-corrected chi connectivity index (χ2v) is 4.29. The first-order chi connectivity index (χ1) is 8.26. The van der Waals surface area contributed by atoms with E-state index in [1.165, 1.54) is 0 Å². The topological polar surface area (TPSA) is 55.0 Å². The van der Waals surface area contributed by atoms with Gasteiger partial charge in [-0.25, -0.2) is 4.98 Å². The maximum Gasteiger partial charge on any atom is 0.185 e. The van der Waals surface area contributed by atoms with Crippen LogP contribution < -0.4 is 0 Å². The van der Waals surface area contributed by atoms with Gasteiger partial charge in [0.15, 0.2) is 12.1 Å². The number of hydrogen-bond acceptors (Lipinski definition) is 3. The molecule has 0 aliphatic carbocycles. The van der Waals surface area contributed by atoms with Gasteiger partial charge in [0.1, 0.15) is 10.3 Å². The molecule has 1 aromatic carbocycles. The molecule has 17 heavy (non-hydrogen) atoms. The van der Waals surface area contributed by atoms with Crippen LogP contribution in [0, 0.1) is 0 Å². The number of aromatic nitrogens is 2. The lowest BCUT2D eigenvalue weighted by molar-refractivity contribution is 0.111. The number of nitrogens with one attached hydrogen (secondary N) is 1. The van der Waals surface area contributed by atoms with Crippen molar-refractivity contribution in [2.45, 2.75) is 6.61 Å². The summed E-state index contributed by atoms with van der Waals surface area (Å²) >= 11 is 3.36. The number of rotatable bonds is 4. The van der Waals surface area contributed by atoms with Crippen molar-refractivity contribution in [2.24, 2.45) is 0 Å². The molecule has 1 N–H and O–H groups in total. The Morgan fingerprint density at radius 3 is 2.88 bits per heavy atom. The van der Waals surface area contributed by atoms with Crippen molar-refractivity contribution in [1.29, 1.82) is 0 Å². The number of carbonyl (C=O) groups excluding carboxylic acids is 1. The zero-order valence-corrected chi connectivity index (χ0v) is 10.8. The fourth-order valence-electron chi connectivity index (χ4n) is 1.64. The predicted octanol–water partition coefficient (Wildman–Crippen LogP) is 2.80. The highest BCUT2D eigenvalue weighted by Gasteiger charge is 2.12. The molecule has 2 rings (SSSR count). The van der Waals surface area contributed by atoms with Crippen molar-refractivity contribution in [1.82, 2.24) is 9.97 Å². The Kier molecular flexibility index (Phi) is 3.71. The Labute approximate surface area is 107 Å². The SMILES string of the molecule is COCc1ccccc1-c1nc(C=O)[nH]c1Br. The molecule has 0 bridgehead atoms. The first-order valence-corrected chi connectivity index (χ1v) is 5.83. The summed E-state index contributed by atoms with van der Waals surface area (Å²) < 4.78 is 5.84. The summed E-state index contributed by atoms with van der Waals surface area (Å²) in [5.74, 6) is 0.305. The standard InChI is InChI=1S/C12H11BrN2O2/c1-17-7-8-4-2-3-5-9(8)11-12(13)15-10(6-16)14-11/h2-6H,7H2,1H3,(H,14,15). The average molecular weight is 295 g/mol. The molecule has 0 radical (unpaired) electrons. The minimum atomic E-state index is 0.305. The number of aldehydes is 1. The number of hydrogen-bond donors (Lipinski definition) is 1. The van der Waals surface area contributed by atoms with E-state index in [-0.39, 0.29) is 0 Å². The molecule has 0 aliphatic heterocycles. The van der Waals surface area contributed by atoms with Crippen LogP contribution in [0.25, 0.3) is 11.3 Å². The summed E-state index contributed by atoms with van der Waals surface area (Å²) in [5.41, 5.74) is 2.70. The number of methoxy groups -OCH3 is 1. The highest BCUT2D eigenvalue weighted by Crippen LogP contribution is 2.28. The van der Waals surface area contributed by atoms with Gasteiger partial charge in [0.05, 0.1) is 6.61 Å². The van der Waals surface area contributed by atoms with Gasteiger partial charge >= 0.3 is 0 Å². The van der Waals surface area contributed by atoms with E-state index in [1.54, 1.807) is 7.11 Å². The van der Waals surface area contributed by atoms with Gasteiger partial charge in [-0.3, -0.25) is 4.79 Å². The molecular weight excluding hydrogens is 284 g/mol. The quantitative estimate of drug-likeness (QED) is 0.882. The molecule has 1 aromatic heterocycles. The first-order valence-electron chi connectivity index (χ1n) is 5.04. The Morgan fingerprint density at radius 1 is 1.47 bits per heavy atom. The number of benzene rings is 1. The van der Waals surface area contributed by atoms with Crippen molar-refractivity contribution in [2.75, 3.05) is 7.11 Å². The number of aromatic amines is 1. The average Bonchev–Trinajstić information content (AvgIpc) is 2.72. The molecule has 88 valence electrons. The van der Waals surface area contributed by atoms with Crippen LogP contribution >= 0.6 is 15.9 Å². The third kappa shape index (κ3) is 2.45. The second kappa shape index (κ2) is 5.25. The van der Waals surface area contributed by atoms with Crippen molar-refractivity contribution < 1.29 is 9.53 Å². The molecule has 0 aliphatic rings. The first kappa shape index (κ1) is 12.0. The van der Waals surface area contributed by atoms with Crippen LogP contribution in [0.15, 0.2) is 28.9 Å². The molecule has 0 amide bonds. The van der Waals surface area contributed by atoms with E-state index in [4.69, 9.17) is 4.74 Å². The number of halogens is 1. The molecule has 0 unspecified atom stereocenters. The predicted molar refractivity (Wildman–Crippen MR) is 67.8 cm³/mol. The maximum atomic E-state index is 10.7. The van der Waals surface area contributed by atoms with Gasteiger partial charge in [-0.05, 0) is 21.5 Å². The third-order valence-electron chi connectivity index (χ3n) is 2.36. The van der Waals surface area contributed by atoms with Gasteiger partial charge in [-0.15, -0.1) is 0 Å². The van der Waals surface area contributed by atoms with Gasteiger partial charge in [0, 0.05) is 12.7 Å². The van der Waals surface area contributed by atoms with Crippen LogP contribution in [0.2, 0.25) is 0 Å². The zero-order valence-electron chi connectivity index (χ0n) is 9.24. The fourth-order valence-corrected chi connectivity index (χ4v) is 2.14. The fraction of sp³-hybridized carbons (Fsp3) is 0.167. The Morgan fingerprint density at radius 2 is 2.24 bits per heavy atom. The summed E-state index contributed by atoms with van der Waals surface area (Å²) in [5, 5.41) is 0. The van der Waals surface area contributed by atoms with E-state index in [0.29, 0.717) is 23.3 Å². The molecule has 0 saturated heterocycles. The van der Waals surface area contributed by atoms with E-state index in [1.807, 2.05) is 24.3 Å². The minimum absolute atomic E-state index is 0.305. The van der Waals surface area contributed by atoms with Crippen molar-refractivity contribution >= 4 is 22.2 Å². The van der Waals surface area contributed by atoms with E-state index >= 15 is 0 Å². The van der Waals surface area contributed by atoms with E-state index < -0.39 is 0 Å². The zero-order chi connectivity index (χ0) is 12.3. The van der Waals surface area contributed by atoms with Gasteiger partial charge in [0.2, 0.25) is 0 Å². The number of ether oxygens (including phenoxy) is 1. The molecule has 4 nitrogen and oxygen atoms in total. The van der Waals surface area contributed by atoms with Gasteiger partial charge in [-0.2, -0.15) is 0 Å². The van der Waals surface area contributed by atoms with Gasteiger partial charge < -0.3 is 9.72 Å². The van der Waals surface area contributed by atoms with E-state index in [9.17, 15) is 4.79 Å². The lowest BCUT2D eigenvalue weighted by Crippen LogP contribution is -1.92. The maximum absolute atomic E-state index is 10.7. The van der Waals surface area contributed by atoms with Crippen LogP contribution in [0.5, 0.6) is 0 Å². The molecule has 0 fully saturated rings. The molecule has 0 saturated carbocycles. The van der Waals surface area contributed by atoms with Crippen molar-refractivity contribution in [3.63, 3.8) is 0 Å². The molecule has 1 heterocycles. The Hall–Kier alpha value is -1.46. The summed E-state index contributed by atoms with van der Waals surface area (Å²) in [4.78, 5) is 17.7. The molecule has 2 aromatic rings. The Bertz CT molecular complexity index is 537. The highest BCUT2D eigenvalue weighted by molar-refractivity contribution is 9.10. The number of nitrogens with zero attached hydrogens (tertiary/aromatic N) is 1. The minimum Gasteiger partial charge on any atom is -0.380 e. The summed E-state index contributed by atoms with van der Waals surface area (Å²) in [6, 6.07) is 7.79. The van der Waals surface area contributed by atoms with Crippen LogP contribution in [-0.4, -0.2) is 23.4 Å². The second-order valence-electron chi connectivity index (χ2n) is 3.49. The van der Waals surface area contributed by atoms with Crippen molar-refractivity contribution in [3.05, 3.63) is 40.3 Å². The normalized spacial score (nSPS) is 10.5. The number of carbonyl (C=O) groups is 1. The lowest BCUT2D eigenvalue weighted by Gasteiger charge is -2.06. The van der Waals surface area contributed by atoms with Crippen LogP contribution in [0.1, 0.15) is 16.2 Å². The molecule has 5 heteroatoms. The van der Waals surface area contributed by atoms with Gasteiger partial charge in [-0.1, -0.05) is 24.3 Å². The third-order valence-corrected chi connectivity index (χ3v) is 2.94. The summed E-state index contributed by atoms with van der Waals surface area (Å²) in [6.07, 6.45) is 0.688. The van der Waals surface area contributed by atoms with E-state index in [2.05, 4.69) is 25.9 Å². The van der Waals surface area contributed by atoms with Crippen molar-refractivity contribution in [3.8, 4) is 11.3 Å². The Balaban J connectivity index is 2.51. The highest BCUT2D eigenvalue weighted by atomic mass is 79.9. The van der Waals surface area contributed by atoms with E-state index in [0.717, 1.165) is 16.8 Å². The van der Waals surface area contributed by atoms with Gasteiger partial charge in [0.25, 0.3) is 0 Å². The largest absolute Gasteiger partial charge is 0.380 e. The molecule has 0 atom stereocenters. The number of H-pyrrole nitrogens is 1. The van der Waals surface area contributed by atoms with Crippen LogP contribution in [0.3, 0.4) is 0 Å². The smallest absolute Gasteiger partial charge is 0.185 e. The number of imidazole rings is 1. The molecule has 0 spiro atoms. The van der Waals surface area contributed by atoms with Crippen LogP contribution in [-0.2, 0) is 11.3 Å². The summed E-state index contributed by atoms with van der Waals surface area (Å²) in [7, 11) is 1.65. The monoisotopic (exact) mass is 294 g/mol. The van der Waals surface area contributed by atoms with Crippen LogP contribution in [0.4, 0.5) is 0 Å². The molecular formula is C12H11BrN2O2. The summed E-state index contributed by atoms with van der Waals surface area (Å²) in [6.45, 7) is 0.506.